The standard InChI is InChI=1S/C18H32N2O4/c1-3-24-16(14-6-4-5-7-14)8-9-19-18(23)20-11-13(2)10-15(12-20)17(21)22/h13-16H,3-12H2,1-2H3,(H,19,23)(H,21,22). The van der Waals surface area contributed by atoms with Crippen LogP contribution in [0, 0.1) is 17.8 Å². The van der Waals surface area contributed by atoms with E-state index in [0.717, 1.165) is 6.42 Å². The molecule has 0 radical (unpaired) electrons. The van der Waals surface area contributed by atoms with Gasteiger partial charge >= 0.3 is 12.0 Å². The minimum Gasteiger partial charge on any atom is -0.481 e. The Hall–Kier alpha value is -1.30. The third-order valence-electron chi connectivity index (χ3n) is 5.31. The molecule has 0 bridgehead atoms. The summed E-state index contributed by atoms with van der Waals surface area (Å²) in [5, 5.41) is 12.2. The largest absolute Gasteiger partial charge is 0.481 e. The van der Waals surface area contributed by atoms with E-state index < -0.39 is 11.9 Å². The van der Waals surface area contributed by atoms with Crippen LogP contribution in [0.4, 0.5) is 4.79 Å². The van der Waals surface area contributed by atoms with Gasteiger partial charge in [0.1, 0.15) is 0 Å². The lowest BCUT2D eigenvalue weighted by molar-refractivity contribution is -0.143. The molecule has 6 heteroatoms. The van der Waals surface area contributed by atoms with E-state index in [1.807, 2.05) is 13.8 Å². The Kier molecular flexibility index (Phi) is 7.34. The van der Waals surface area contributed by atoms with Gasteiger partial charge in [0.05, 0.1) is 12.0 Å². The molecule has 24 heavy (non-hydrogen) atoms. The number of nitrogens with zero attached hydrogens (tertiary/aromatic N) is 1. The second-order valence-corrected chi connectivity index (χ2v) is 7.34. The van der Waals surface area contributed by atoms with Gasteiger partial charge in [-0.2, -0.15) is 0 Å². The van der Waals surface area contributed by atoms with Crippen molar-refractivity contribution in [2.45, 2.75) is 58.5 Å². The molecule has 0 aromatic rings. The Balaban J connectivity index is 1.77. The lowest BCUT2D eigenvalue weighted by Gasteiger charge is -2.34. The highest BCUT2D eigenvalue weighted by Gasteiger charge is 2.32. The number of piperidine rings is 1. The number of amides is 2. The molecule has 2 fully saturated rings. The van der Waals surface area contributed by atoms with E-state index >= 15 is 0 Å². The van der Waals surface area contributed by atoms with Crippen LogP contribution in [0.3, 0.4) is 0 Å². The summed E-state index contributed by atoms with van der Waals surface area (Å²) in [7, 11) is 0. The van der Waals surface area contributed by atoms with Crippen molar-refractivity contribution in [3.05, 3.63) is 0 Å². The van der Waals surface area contributed by atoms with Crippen molar-refractivity contribution >= 4 is 12.0 Å². The third kappa shape index (κ3) is 5.36. The van der Waals surface area contributed by atoms with E-state index in [-0.39, 0.29) is 18.1 Å². The molecule has 0 aromatic carbocycles. The topological polar surface area (TPSA) is 78.9 Å². The average Bonchev–Trinajstić information content (AvgIpc) is 3.07. The number of rotatable bonds is 7. The van der Waals surface area contributed by atoms with Crippen LogP contribution in [0.5, 0.6) is 0 Å². The monoisotopic (exact) mass is 340 g/mol. The highest BCUT2D eigenvalue weighted by Crippen LogP contribution is 2.30. The van der Waals surface area contributed by atoms with Crippen LogP contribution in [0.25, 0.3) is 0 Å². The Morgan fingerprint density at radius 3 is 2.62 bits per heavy atom. The first kappa shape index (κ1) is 19.0. The number of carboxylic acids is 1. The number of hydrogen-bond acceptors (Lipinski definition) is 3. The Labute approximate surface area is 144 Å². The fraction of sp³-hybridized carbons (Fsp3) is 0.889. The smallest absolute Gasteiger partial charge is 0.317 e. The molecule has 138 valence electrons. The summed E-state index contributed by atoms with van der Waals surface area (Å²) in [6.45, 7) is 6.25. The zero-order valence-corrected chi connectivity index (χ0v) is 15.0. The summed E-state index contributed by atoms with van der Waals surface area (Å²) in [6.07, 6.45) is 6.71. The quantitative estimate of drug-likeness (QED) is 0.747. The zero-order valence-electron chi connectivity index (χ0n) is 15.0. The molecule has 2 amide bonds. The molecule has 1 aliphatic heterocycles. The summed E-state index contributed by atoms with van der Waals surface area (Å²) in [4.78, 5) is 25.2. The Morgan fingerprint density at radius 2 is 2.00 bits per heavy atom. The number of urea groups is 1. The van der Waals surface area contributed by atoms with E-state index in [0.29, 0.717) is 38.6 Å². The van der Waals surface area contributed by atoms with Crippen LogP contribution in [-0.2, 0) is 9.53 Å². The molecule has 1 heterocycles. The van der Waals surface area contributed by atoms with Crippen LogP contribution < -0.4 is 5.32 Å². The third-order valence-corrected chi connectivity index (χ3v) is 5.31. The molecule has 1 saturated heterocycles. The van der Waals surface area contributed by atoms with E-state index in [1.165, 1.54) is 25.7 Å². The predicted molar refractivity (Wildman–Crippen MR) is 91.9 cm³/mol. The summed E-state index contributed by atoms with van der Waals surface area (Å²) < 4.78 is 5.88. The molecular formula is C18H32N2O4. The van der Waals surface area contributed by atoms with Crippen LogP contribution in [0.2, 0.25) is 0 Å². The Morgan fingerprint density at radius 1 is 1.29 bits per heavy atom. The minimum absolute atomic E-state index is 0.144. The van der Waals surface area contributed by atoms with Crippen LogP contribution in [-0.4, -0.2) is 54.4 Å². The van der Waals surface area contributed by atoms with E-state index in [9.17, 15) is 14.7 Å². The molecule has 0 spiro atoms. The fourth-order valence-corrected chi connectivity index (χ4v) is 4.13. The molecular weight excluding hydrogens is 308 g/mol. The van der Waals surface area contributed by atoms with Crippen molar-refractivity contribution in [3.63, 3.8) is 0 Å². The maximum Gasteiger partial charge on any atom is 0.317 e. The van der Waals surface area contributed by atoms with Gasteiger partial charge in [-0.15, -0.1) is 0 Å². The number of nitrogens with one attached hydrogen (secondary N) is 1. The van der Waals surface area contributed by atoms with E-state index in [2.05, 4.69) is 5.32 Å². The number of carboxylic acid groups (broad SMARTS) is 1. The molecule has 2 N–H and O–H groups in total. The fourth-order valence-electron chi connectivity index (χ4n) is 4.13. The first-order chi connectivity index (χ1) is 11.5. The summed E-state index contributed by atoms with van der Waals surface area (Å²) in [6, 6.07) is -0.144. The number of carbonyl (C=O) groups is 2. The van der Waals surface area contributed by atoms with Crippen molar-refractivity contribution in [1.82, 2.24) is 10.2 Å². The van der Waals surface area contributed by atoms with Gasteiger partial charge in [-0.1, -0.05) is 19.8 Å². The van der Waals surface area contributed by atoms with Gasteiger partial charge < -0.3 is 20.1 Å². The minimum atomic E-state index is -0.808. The van der Waals surface area contributed by atoms with E-state index in [1.54, 1.807) is 4.90 Å². The van der Waals surface area contributed by atoms with Crippen molar-refractivity contribution in [2.24, 2.45) is 17.8 Å². The summed E-state index contributed by atoms with van der Waals surface area (Å²) in [5.41, 5.74) is 0. The maximum absolute atomic E-state index is 12.4. The number of hydrogen-bond donors (Lipinski definition) is 2. The highest BCUT2D eigenvalue weighted by molar-refractivity contribution is 5.76. The molecule has 2 rings (SSSR count). The maximum atomic E-state index is 12.4. The molecule has 2 aliphatic rings. The lowest BCUT2D eigenvalue weighted by atomic mass is 9.91. The van der Waals surface area contributed by atoms with Gasteiger partial charge in [0, 0.05) is 26.2 Å². The highest BCUT2D eigenvalue weighted by atomic mass is 16.5. The predicted octanol–water partition coefficient (Wildman–Crippen LogP) is 2.72. The van der Waals surface area contributed by atoms with Crippen LogP contribution in [0.15, 0.2) is 0 Å². The summed E-state index contributed by atoms with van der Waals surface area (Å²) >= 11 is 0. The molecule has 3 unspecified atom stereocenters. The van der Waals surface area contributed by atoms with Gasteiger partial charge in [0.15, 0.2) is 0 Å². The average molecular weight is 340 g/mol. The first-order valence-corrected chi connectivity index (χ1v) is 9.38. The zero-order chi connectivity index (χ0) is 17.5. The molecule has 3 atom stereocenters. The number of likely N-dealkylation sites (tertiary alicyclic amines) is 1. The molecule has 1 aliphatic carbocycles. The van der Waals surface area contributed by atoms with Gasteiger partial charge in [0.25, 0.3) is 0 Å². The van der Waals surface area contributed by atoms with Crippen LogP contribution in [0.1, 0.15) is 52.4 Å². The van der Waals surface area contributed by atoms with Crippen molar-refractivity contribution < 1.29 is 19.4 Å². The van der Waals surface area contributed by atoms with Crippen molar-refractivity contribution in [2.75, 3.05) is 26.2 Å². The number of ether oxygens (including phenoxy) is 1. The van der Waals surface area contributed by atoms with Gasteiger partial charge in [0.2, 0.25) is 0 Å². The number of aliphatic carboxylic acids is 1. The summed E-state index contributed by atoms with van der Waals surface area (Å²) in [5.74, 6) is -0.417. The molecule has 1 saturated carbocycles. The molecule has 6 nitrogen and oxygen atoms in total. The second-order valence-electron chi connectivity index (χ2n) is 7.34. The first-order valence-electron chi connectivity index (χ1n) is 9.38. The SMILES string of the molecule is CCOC(CCNC(=O)N1CC(C)CC(C(=O)O)C1)C1CCCC1. The normalized spacial score (nSPS) is 26.3. The van der Waals surface area contributed by atoms with E-state index in [4.69, 9.17) is 4.74 Å². The van der Waals surface area contributed by atoms with Crippen molar-refractivity contribution in [3.8, 4) is 0 Å². The van der Waals surface area contributed by atoms with Gasteiger partial charge in [-0.25, -0.2) is 4.79 Å². The lowest BCUT2D eigenvalue weighted by Crippen LogP contribution is -2.50. The number of carbonyl (C=O) groups excluding carboxylic acids is 1. The van der Waals surface area contributed by atoms with Gasteiger partial charge in [-0.3, -0.25) is 4.79 Å². The second kappa shape index (κ2) is 9.25. The Bertz CT molecular complexity index is 423. The van der Waals surface area contributed by atoms with Gasteiger partial charge in [-0.05, 0) is 44.4 Å². The van der Waals surface area contributed by atoms with Crippen molar-refractivity contribution in [1.29, 1.82) is 0 Å². The van der Waals surface area contributed by atoms with Crippen LogP contribution >= 0.6 is 0 Å². The molecule has 0 aromatic heterocycles.